The van der Waals surface area contributed by atoms with Crippen LogP contribution in [-0.2, 0) is 4.79 Å². The van der Waals surface area contributed by atoms with E-state index in [9.17, 15) is 14.0 Å². The standard InChI is InChI=1S/C15H21ClFN5O2/c16-12-2-1-11(6-13(12)17)21-14(23)9-5-10(19)8-22(7-9)15(24)20-4-3-18/h1-2,6,9-10H,3-5,7-8,18-19H2,(H,20,24)(H,21,23)/t9?,10-/m1/s1. The Hall–Kier alpha value is -1.90. The number of nitrogens with two attached hydrogens (primary N) is 2. The average molecular weight is 358 g/mol. The Labute approximate surface area is 144 Å². The number of nitrogens with one attached hydrogen (secondary N) is 2. The topological polar surface area (TPSA) is 113 Å². The van der Waals surface area contributed by atoms with Crippen molar-refractivity contribution < 1.29 is 14.0 Å². The maximum Gasteiger partial charge on any atom is 0.317 e. The number of nitrogens with zero attached hydrogens (tertiary/aromatic N) is 1. The van der Waals surface area contributed by atoms with Gasteiger partial charge >= 0.3 is 6.03 Å². The number of amides is 3. The smallest absolute Gasteiger partial charge is 0.317 e. The number of benzene rings is 1. The summed E-state index contributed by atoms with van der Waals surface area (Å²) in [5.74, 6) is -1.41. The van der Waals surface area contributed by atoms with Crippen molar-refractivity contribution in [3.05, 3.63) is 29.0 Å². The third kappa shape index (κ3) is 4.80. The highest BCUT2D eigenvalue weighted by atomic mass is 35.5. The van der Waals surface area contributed by atoms with Crippen LogP contribution in [0.4, 0.5) is 14.9 Å². The first-order valence-corrected chi connectivity index (χ1v) is 8.03. The third-order valence-corrected chi connectivity index (χ3v) is 4.06. The molecule has 0 spiro atoms. The van der Waals surface area contributed by atoms with Crippen molar-refractivity contribution in [1.29, 1.82) is 0 Å². The molecule has 0 radical (unpaired) electrons. The van der Waals surface area contributed by atoms with Crippen molar-refractivity contribution in [2.75, 3.05) is 31.5 Å². The van der Waals surface area contributed by atoms with Crippen molar-refractivity contribution in [1.82, 2.24) is 10.2 Å². The summed E-state index contributed by atoms with van der Waals surface area (Å²) < 4.78 is 13.4. The fourth-order valence-electron chi connectivity index (χ4n) is 2.60. The summed E-state index contributed by atoms with van der Waals surface area (Å²) in [6.45, 7) is 1.30. The largest absolute Gasteiger partial charge is 0.337 e. The van der Waals surface area contributed by atoms with Gasteiger partial charge in [-0.25, -0.2) is 9.18 Å². The number of rotatable bonds is 4. The number of carbonyl (C=O) groups is 2. The number of anilines is 1. The minimum Gasteiger partial charge on any atom is -0.337 e. The highest BCUT2D eigenvalue weighted by molar-refractivity contribution is 6.30. The summed E-state index contributed by atoms with van der Waals surface area (Å²) in [5.41, 5.74) is 11.6. The van der Waals surface area contributed by atoms with E-state index in [0.29, 0.717) is 31.7 Å². The molecule has 1 saturated heterocycles. The predicted molar refractivity (Wildman–Crippen MR) is 90.1 cm³/mol. The number of carbonyl (C=O) groups excluding carboxylic acids is 2. The van der Waals surface area contributed by atoms with E-state index in [0.717, 1.165) is 6.07 Å². The Morgan fingerprint density at radius 3 is 2.79 bits per heavy atom. The Morgan fingerprint density at radius 1 is 1.38 bits per heavy atom. The zero-order valence-corrected chi connectivity index (χ0v) is 13.9. The summed E-state index contributed by atoms with van der Waals surface area (Å²) in [5, 5.41) is 5.27. The number of hydrogen-bond acceptors (Lipinski definition) is 4. The molecule has 2 rings (SSSR count). The van der Waals surface area contributed by atoms with E-state index in [2.05, 4.69) is 10.6 Å². The van der Waals surface area contributed by atoms with E-state index in [4.69, 9.17) is 23.1 Å². The van der Waals surface area contributed by atoms with E-state index in [1.807, 2.05) is 0 Å². The summed E-state index contributed by atoms with van der Waals surface area (Å²) in [4.78, 5) is 25.9. The van der Waals surface area contributed by atoms with Gasteiger partial charge in [-0.3, -0.25) is 4.79 Å². The van der Waals surface area contributed by atoms with Crippen molar-refractivity contribution in [2.24, 2.45) is 17.4 Å². The molecule has 24 heavy (non-hydrogen) atoms. The van der Waals surface area contributed by atoms with Crippen LogP contribution < -0.4 is 22.1 Å². The second-order valence-corrected chi connectivity index (χ2v) is 6.14. The van der Waals surface area contributed by atoms with Crippen LogP contribution in [0, 0.1) is 11.7 Å². The number of urea groups is 1. The maximum absolute atomic E-state index is 13.4. The summed E-state index contributed by atoms with van der Waals surface area (Å²) >= 11 is 5.62. The Bertz CT molecular complexity index is 616. The van der Waals surface area contributed by atoms with Gasteiger partial charge < -0.3 is 27.0 Å². The molecular weight excluding hydrogens is 337 g/mol. The highest BCUT2D eigenvalue weighted by Gasteiger charge is 2.32. The van der Waals surface area contributed by atoms with Crippen LogP contribution in [-0.4, -0.2) is 49.1 Å². The van der Waals surface area contributed by atoms with Gasteiger partial charge in [0.1, 0.15) is 5.82 Å². The Balaban J connectivity index is 1.99. The monoisotopic (exact) mass is 357 g/mol. The zero-order chi connectivity index (χ0) is 17.7. The first kappa shape index (κ1) is 18.4. The fourth-order valence-corrected chi connectivity index (χ4v) is 2.72. The molecule has 0 aromatic heterocycles. The molecule has 9 heteroatoms. The lowest BCUT2D eigenvalue weighted by Gasteiger charge is -2.35. The van der Waals surface area contributed by atoms with E-state index in [1.165, 1.54) is 17.0 Å². The van der Waals surface area contributed by atoms with Crippen LogP contribution in [0.15, 0.2) is 18.2 Å². The molecule has 1 unspecified atom stereocenters. The van der Waals surface area contributed by atoms with Crippen LogP contribution in [0.5, 0.6) is 0 Å². The number of halogens is 2. The van der Waals surface area contributed by atoms with E-state index >= 15 is 0 Å². The lowest BCUT2D eigenvalue weighted by Crippen LogP contribution is -2.55. The molecular formula is C15H21ClFN5O2. The molecule has 2 atom stereocenters. The highest BCUT2D eigenvalue weighted by Crippen LogP contribution is 2.21. The number of hydrogen-bond donors (Lipinski definition) is 4. The van der Waals surface area contributed by atoms with Crippen LogP contribution in [0.1, 0.15) is 6.42 Å². The van der Waals surface area contributed by atoms with Gasteiger partial charge in [-0.15, -0.1) is 0 Å². The number of piperidine rings is 1. The molecule has 1 aromatic carbocycles. The molecule has 1 fully saturated rings. The zero-order valence-electron chi connectivity index (χ0n) is 13.1. The molecule has 1 heterocycles. The second-order valence-electron chi connectivity index (χ2n) is 5.74. The number of likely N-dealkylation sites (tertiary alicyclic amines) is 1. The van der Waals surface area contributed by atoms with E-state index in [-0.39, 0.29) is 29.5 Å². The van der Waals surface area contributed by atoms with Gasteiger partial charge in [0.05, 0.1) is 10.9 Å². The van der Waals surface area contributed by atoms with Gasteiger partial charge in [-0.05, 0) is 24.6 Å². The molecule has 1 aliphatic rings. The lowest BCUT2D eigenvalue weighted by molar-refractivity contribution is -0.121. The normalized spacial score (nSPS) is 20.6. The third-order valence-electron chi connectivity index (χ3n) is 3.75. The van der Waals surface area contributed by atoms with Gasteiger partial charge in [0, 0.05) is 37.9 Å². The van der Waals surface area contributed by atoms with Gasteiger partial charge in [0.2, 0.25) is 5.91 Å². The SMILES string of the molecule is NCCNC(=O)N1CC(C(=O)Nc2ccc(Cl)c(F)c2)C[C@@H](N)C1. The Morgan fingerprint density at radius 2 is 2.12 bits per heavy atom. The van der Waals surface area contributed by atoms with Crippen molar-refractivity contribution in [3.8, 4) is 0 Å². The van der Waals surface area contributed by atoms with Crippen molar-refractivity contribution >= 4 is 29.2 Å². The first-order chi connectivity index (χ1) is 11.4. The van der Waals surface area contributed by atoms with Crippen LogP contribution in [0.2, 0.25) is 5.02 Å². The molecule has 0 saturated carbocycles. The molecule has 7 nitrogen and oxygen atoms in total. The predicted octanol–water partition coefficient (Wildman–Crippen LogP) is 0.735. The maximum atomic E-state index is 13.4. The minimum atomic E-state index is -0.613. The minimum absolute atomic E-state index is 0.0181. The van der Waals surface area contributed by atoms with Gasteiger partial charge in [0.15, 0.2) is 0 Å². The molecule has 6 N–H and O–H groups in total. The first-order valence-electron chi connectivity index (χ1n) is 7.65. The lowest BCUT2D eigenvalue weighted by atomic mass is 9.94. The van der Waals surface area contributed by atoms with Gasteiger partial charge in [0.25, 0.3) is 0 Å². The molecule has 1 aliphatic heterocycles. The van der Waals surface area contributed by atoms with E-state index < -0.39 is 11.7 Å². The van der Waals surface area contributed by atoms with Crippen LogP contribution in [0.3, 0.4) is 0 Å². The summed E-state index contributed by atoms with van der Waals surface area (Å²) in [7, 11) is 0. The van der Waals surface area contributed by atoms with Crippen LogP contribution in [0.25, 0.3) is 0 Å². The molecule has 3 amide bonds. The molecule has 132 valence electrons. The Kier molecular flexibility index (Phi) is 6.36. The molecule has 0 aliphatic carbocycles. The molecule has 0 bridgehead atoms. The van der Waals surface area contributed by atoms with Crippen molar-refractivity contribution in [3.63, 3.8) is 0 Å². The van der Waals surface area contributed by atoms with Gasteiger partial charge in [-0.1, -0.05) is 11.6 Å². The quantitative estimate of drug-likeness (QED) is 0.636. The van der Waals surface area contributed by atoms with Crippen LogP contribution >= 0.6 is 11.6 Å². The van der Waals surface area contributed by atoms with Gasteiger partial charge in [-0.2, -0.15) is 0 Å². The van der Waals surface area contributed by atoms with E-state index in [1.54, 1.807) is 0 Å². The van der Waals surface area contributed by atoms with Crippen molar-refractivity contribution in [2.45, 2.75) is 12.5 Å². The molecule has 1 aromatic rings. The summed E-state index contributed by atoms with van der Waals surface area (Å²) in [6.07, 6.45) is 0.447. The fraction of sp³-hybridized carbons (Fsp3) is 0.467. The second kappa shape index (κ2) is 8.27. The average Bonchev–Trinajstić information content (AvgIpc) is 2.55. The summed E-state index contributed by atoms with van der Waals surface area (Å²) in [6, 6.07) is 3.42.